The van der Waals surface area contributed by atoms with E-state index in [0.29, 0.717) is 6.10 Å². The van der Waals surface area contributed by atoms with Crippen LogP contribution in [0.2, 0.25) is 0 Å². The largest absolute Gasteiger partial charge is 0.374 e. The van der Waals surface area contributed by atoms with Crippen molar-refractivity contribution in [1.29, 1.82) is 0 Å². The molecule has 0 unspecified atom stereocenters. The quantitative estimate of drug-likeness (QED) is 0.870. The first kappa shape index (κ1) is 15.7. The summed E-state index contributed by atoms with van der Waals surface area (Å²) in [7, 11) is 1.96. The Morgan fingerprint density at radius 3 is 2.92 bits per heavy atom. The summed E-state index contributed by atoms with van der Waals surface area (Å²) in [5.74, 6) is 0. The second kappa shape index (κ2) is 7.01. The Balaban J connectivity index is 1.34. The summed E-state index contributed by atoms with van der Waals surface area (Å²) in [6.07, 6.45) is 8.73. The predicted octanol–water partition coefficient (Wildman–Crippen LogP) is 1.43. The molecule has 1 N–H and O–H groups in total. The molecule has 2 aromatic heterocycles. The van der Waals surface area contributed by atoms with Crippen LogP contribution in [0.3, 0.4) is 0 Å². The van der Waals surface area contributed by atoms with Crippen molar-refractivity contribution < 1.29 is 4.74 Å². The van der Waals surface area contributed by atoms with Gasteiger partial charge in [0.15, 0.2) is 0 Å². The highest BCUT2D eigenvalue weighted by molar-refractivity contribution is 5.61. The van der Waals surface area contributed by atoms with E-state index < -0.39 is 0 Å². The Labute approximate surface area is 142 Å². The summed E-state index contributed by atoms with van der Waals surface area (Å²) in [6, 6.07) is 4.83. The zero-order valence-corrected chi connectivity index (χ0v) is 14.2. The van der Waals surface area contributed by atoms with Gasteiger partial charge >= 0.3 is 0 Å². The molecule has 0 radical (unpaired) electrons. The Bertz CT molecular complexity index is 667. The molecule has 1 saturated heterocycles. The highest BCUT2D eigenvalue weighted by atomic mass is 16.5. The van der Waals surface area contributed by atoms with Gasteiger partial charge in [0, 0.05) is 69.0 Å². The summed E-state index contributed by atoms with van der Waals surface area (Å²) in [5.41, 5.74) is 3.34. The molecule has 6 nitrogen and oxygen atoms in total. The molecule has 2 fully saturated rings. The molecule has 128 valence electrons. The molecule has 1 aliphatic carbocycles. The van der Waals surface area contributed by atoms with E-state index >= 15 is 0 Å². The van der Waals surface area contributed by atoms with Gasteiger partial charge in [0.05, 0.1) is 18.4 Å². The zero-order valence-electron chi connectivity index (χ0n) is 14.2. The van der Waals surface area contributed by atoms with E-state index in [1.54, 1.807) is 0 Å². The highest BCUT2D eigenvalue weighted by Crippen LogP contribution is 2.28. The van der Waals surface area contributed by atoms with Gasteiger partial charge < -0.3 is 10.1 Å². The Morgan fingerprint density at radius 1 is 1.29 bits per heavy atom. The van der Waals surface area contributed by atoms with E-state index in [-0.39, 0.29) is 0 Å². The van der Waals surface area contributed by atoms with Gasteiger partial charge in [-0.3, -0.25) is 14.6 Å². The number of nitrogens with one attached hydrogen (secondary N) is 1. The monoisotopic (exact) mass is 327 g/mol. The topological polar surface area (TPSA) is 55.2 Å². The predicted molar refractivity (Wildman–Crippen MR) is 92.5 cm³/mol. The third-order valence-corrected chi connectivity index (χ3v) is 4.78. The van der Waals surface area contributed by atoms with Crippen LogP contribution in [-0.2, 0) is 18.3 Å². The molecule has 2 aliphatic rings. The number of aryl methyl sites for hydroxylation is 1. The highest BCUT2D eigenvalue weighted by Gasteiger charge is 2.32. The van der Waals surface area contributed by atoms with Crippen LogP contribution in [0.4, 0.5) is 0 Å². The average Bonchev–Trinajstić information content (AvgIpc) is 3.39. The number of nitrogens with zero attached hydrogens (tertiary/aromatic N) is 4. The number of rotatable bonds is 6. The van der Waals surface area contributed by atoms with Gasteiger partial charge in [-0.25, -0.2) is 0 Å². The van der Waals surface area contributed by atoms with E-state index in [4.69, 9.17) is 4.74 Å². The summed E-state index contributed by atoms with van der Waals surface area (Å²) >= 11 is 0. The lowest BCUT2D eigenvalue weighted by atomic mass is 10.1. The van der Waals surface area contributed by atoms with Gasteiger partial charge in [0.1, 0.15) is 0 Å². The maximum atomic E-state index is 5.91. The fourth-order valence-corrected chi connectivity index (χ4v) is 3.42. The lowest BCUT2D eigenvalue weighted by molar-refractivity contribution is -0.0301. The van der Waals surface area contributed by atoms with Gasteiger partial charge in [-0.15, -0.1) is 0 Å². The molecule has 3 heterocycles. The molecule has 4 rings (SSSR count). The standard InChI is InChI=1S/C18H25N5O/c1-22-12-15(18(21-22)14-4-6-19-7-5-14)10-20-11-17-13-23(8-9-24-17)16-2-3-16/h4-7,12,16-17,20H,2-3,8-11,13H2,1H3/t17-/m1/s1. The minimum absolute atomic E-state index is 0.292. The van der Waals surface area contributed by atoms with E-state index in [2.05, 4.69) is 26.5 Å². The number of aromatic nitrogens is 3. The molecular weight excluding hydrogens is 302 g/mol. The molecule has 0 bridgehead atoms. The maximum absolute atomic E-state index is 5.91. The molecule has 0 amide bonds. The first-order chi connectivity index (χ1) is 11.8. The Morgan fingerprint density at radius 2 is 2.12 bits per heavy atom. The number of pyridine rings is 1. The number of hydrogen-bond donors (Lipinski definition) is 1. The van der Waals surface area contributed by atoms with Crippen LogP contribution in [0.25, 0.3) is 11.3 Å². The van der Waals surface area contributed by atoms with Crippen molar-refractivity contribution in [3.8, 4) is 11.3 Å². The van der Waals surface area contributed by atoms with Crippen LogP contribution >= 0.6 is 0 Å². The van der Waals surface area contributed by atoms with E-state index in [1.165, 1.54) is 18.4 Å². The zero-order chi connectivity index (χ0) is 16.4. The van der Waals surface area contributed by atoms with Crippen LogP contribution < -0.4 is 5.32 Å². The molecule has 1 aliphatic heterocycles. The molecule has 1 atom stereocenters. The van der Waals surface area contributed by atoms with Crippen LogP contribution in [0.5, 0.6) is 0 Å². The van der Waals surface area contributed by atoms with Crippen LogP contribution in [0.15, 0.2) is 30.7 Å². The molecular formula is C18H25N5O. The normalized spacial score (nSPS) is 22.0. The Kier molecular flexibility index (Phi) is 4.60. The first-order valence-corrected chi connectivity index (χ1v) is 8.79. The summed E-state index contributed by atoms with van der Waals surface area (Å²) in [6.45, 7) is 4.69. The third-order valence-electron chi connectivity index (χ3n) is 4.78. The fourth-order valence-electron chi connectivity index (χ4n) is 3.42. The third kappa shape index (κ3) is 3.66. The van der Waals surface area contributed by atoms with Crippen molar-refractivity contribution in [2.75, 3.05) is 26.2 Å². The summed E-state index contributed by atoms with van der Waals surface area (Å²) in [4.78, 5) is 6.67. The number of ether oxygens (including phenoxy) is 1. The molecule has 1 saturated carbocycles. The maximum Gasteiger partial charge on any atom is 0.0969 e. The summed E-state index contributed by atoms with van der Waals surface area (Å²) in [5, 5.41) is 8.15. The Hall–Kier alpha value is -1.76. The van der Waals surface area contributed by atoms with Gasteiger partial charge in [0.25, 0.3) is 0 Å². The van der Waals surface area contributed by atoms with Gasteiger partial charge in [-0.1, -0.05) is 0 Å². The molecule has 0 spiro atoms. The van der Waals surface area contributed by atoms with Crippen LogP contribution in [-0.4, -0.2) is 58.1 Å². The van der Waals surface area contributed by atoms with Crippen molar-refractivity contribution in [3.63, 3.8) is 0 Å². The van der Waals surface area contributed by atoms with Crippen molar-refractivity contribution >= 4 is 0 Å². The fraction of sp³-hybridized carbons (Fsp3) is 0.556. The molecule has 6 heteroatoms. The van der Waals surface area contributed by atoms with Crippen molar-refractivity contribution in [1.82, 2.24) is 25.0 Å². The van der Waals surface area contributed by atoms with Crippen molar-refractivity contribution in [2.24, 2.45) is 7.05 Å². The summed E-state index contributed by atoms with van der Waals surface area (Å²) < 4.78 is 7.78. The van der Waals surface area contributed by atoms with Crippen molar-refractivity contribution in [3.05, 3.63) is 36.3 Å². The SMILES string of the molecule is Cn1cc(CNC[C@@H]2CN(C3CC3)CCO2)c(-c2ccncc2)n1. The molecule has 0 aromatic carbocycles. The lowest BCUT2D eigenvalue weighted by Gasteiger charge is -2.33. The van der Waals surface area contributed by atoms with E-state index in [9.17, 15) is 0 Å². The smallest absolute Gasteiger partial charge is 0.0969 e. The van der Waals surface area contributed by atoms with Gasteiger partial charge in [-0.05, 0) is 25.0 Å². The molecule has 24 heavy (non-hydrogen) atoms. The minimum Gasteiger partial charge on any atom is -0.374 e. The van der Waals surface area contributed by atoms with E-state index in [0.717, 1.165) is 50.1 Å². The number of hydrogen-bond acceptors (Lipinski definition) is 5. The lowest BCUT2D eigenvalue weighted by Crippen LogP contribution is -2.47. The second-order valence-corrected chi connectivity index (χ2v) is 6.76. The molecule has 2 aromatic rings. The van der Waals surface area contributed by atoms with Crippen molar-refractivity contribution in [2.45, 2.75) is 31.5 Å². The van der Waals surface area contributed by atoms with Gasteiger partial charge in [-0.2, -0.15) is 5.10 Å². The van der Waals surface area contributed by atoms with E-state index in [1.807, 2.05) is 36.3 Å². The first-order valence-electron chi connectivity index (χ1n) is 8.79. The van der Waals surface area contributed by atoms with Crippen LogP contribution in [0.1, 0.15) is 18.4 Å². The number of morpholine rings is 1. The van der Waals surface area contributed by atoms with Gasteiger partial charge in [0.2, 0.25) is 0 Å². The minimum atomic E-state index is 0.292. The van der Waals surface area contributed by atoms with Crippen LogP contribution in [0, 0.1) is 0 Å². The average molecular weight is 327 g/mol. The second-order valence-electron chi connectivity index (χ2n) is 6.76.